The minimum atomic E-state index is -0.0125. The van der Waals surface area contributed by atoms with Crippen LogP contribution in [0, 0.1) is 0 Å². The quantitative estimate of drug-likeness (QED) is 0.903. The van der Waals surface area contributed by atoms with E-state index in [-0.39, 0.29) is 12.1 Å². The zero-order valence-electron chi connectivity index (χ0n) is 13.2. The first-order chi connectivity index (χ1) is 11.3. The molecule has 1 aromatic heterocycles. The maximum atomic E-state index is 12.7. The average Bonchev–Trinajstić information content (AvgIpc) is 2.80. The van der Waals surface area contributed by atoms with Crippen LogP contribution in [-0.2, 0) is 0 Å². The molecule has 23 heavy (non-hydrogen) atoms. The Morgan fingerprint density at radius 2 is 2.00 bits per heavy atom. The molecule has 2 amide bonds. The SMILES string of the molecule is C[C@@H]1CCSCCN1C(=O)Nc1ccccc1-c1ccncc1. The largest absolute Gasteiger partial charge is 0.322 e. The third kappa shape index (κ3) is 3.85. The topological polar surface area (TPSA) is 45.2 Å². The van der Waals surface area contributed by atoms with Gasteiger partial charge in [0.1, 0.15) is 0 Å². The van der Waals surface area contributed by atoms with E-state index in [1.54, 1.807) is 12.4 Å². The van der Waals surface area contributed by atoms with Crippen LogP contribution < -0.4 is 5.32 Å². The fourth-order valence-electron chi connectivity index (χ4n) is 2.76. The number of nitrogens with zero attached hydrogens (tertiary/aromatic N) is 2. The fraction of sp³-hybridized carbons (Fsp3) is 0.333. The number of rotatable bonds is 2. The Labute approximate surface area is 141 Å². The monoisotopic (exact) mass is 327 g/mol. The first-order valence-electron chi connectivity index (χ1n) is 7.90. The standard InChI is InChI=1S/C18H21N3OS/c1-14-8-12-23-13-11-21(14)18(22)20-17-5-3-2-4-16(17)15-6-9-19-10-7-15/h2-7,9-10,14H,8,11-13H2,1H3,(H,20,22)/t14-/m1/s1. The first-order valence-corrected chi connectivity index (χ1v) is 9.06. The summed E-state index contributed by atoms with van der Waals surface area (Å²) < 4.78 is 0. The lowest BCUT2D eigenvalue weighted by atomic mass is 10.1. The molecular formula is C18H21N3OS. The van der Waals surface area contributed by atoms with E-state index >= 15 is 0 Å². The number of carbonyl (C=O) groups is 1. The van der Waals surface area contributed by atoms with Gasteiger partial charge in [-0.15, -0.1) is 0 Å². The molecular weight excluding hydrogens is 306 g/mol. The highest BCUT2D eigenvalue weighted by Gasteiger charge is 2.22. The Balaban J connectivity index is 1.81. The molecule has 1 saturated heterocycles. The normalized spacial score (nSPS) is 18.3. The Kier molecular flexibility index (Phi) is 5.18. The third-order valence-corrected chi connectivity index (χ3v) is 5.11. The van der Waals surface area contributed by atoms with Crippen molar-refractivity contribution < 1.29 is 4.79 Å². The molecule has 2 aromatic rings. The number of para-hydroxylation sites is 1. The van der Waals surface area contributed by atoms with Crippen LogP contribution in [0.1, 0.15) is 13.3 Å². The molecule has 120 valence electrons. The Morgan fingerprint density at radius 3 is 2.83 bits per heavy atom. The second-order valence-electron chi connectivity index (χ2n) is 5.66. The number of aromatic nitrogens is 1. The molecule has 1 aliphatic rings. The van der Waals surface area contributed by atoms with Crippen LogP contribution in [-0.4, -0.2) is 40.0 Å². The second kappa shape index (κ2) is 7.51. The van der Waals surface area contributed by atoms with Gasteiger partial charge in [0, 0.05) is 36.3 Å². The summed E-state index contributed by atoms with van der Waals surface area (Å²) in [4.78, 5) is 18.7. The van der Waals surface area contributed by atoms with Gasteiger partial charge >= 0.3 is 6.03 Å². The van der Waals surface area contributed by atoms with E-state index in [9.17, 15) is 4.79 Å². The van der Waals surface area contributed by atoms with Crippen molar-refractivity contribution >= 4 is 23.5 Å². The van der Waals surface area contributed by atoms with Crippen LogP contribution in [0.5, 0.6) is 0 Å². The lowest BCUT2D eigenvalue weighted by Crippen LogP contribution is -2.42. The summed E-state index contributed by atoms with van der Waals surface area (Å²) in [7, 11) is 0. The van der Waals surface area contributed by atoms with Crippen molar-refractivity contribution in [2.75, 3.05) is 23.4 Å². The van der Waals surface area contributed by atoms with Crippen molar-refractivity contribution in [1.29, 1.82) is 0 Å². The van der Waals surface area contributed by atoms with Crippen molar-refractivity contribution in [2.45, 2.75) is 19.4 Å². The fourth-order valence-corrected chi connectivity index (χ4v) is 3.80. The van der Waals surface area contributed by atoms with Crippen molar-refractivity contribution in [3.05, 3.63) is 48.8 Å². The number of anilines is 1. The predicted molar refractivity (Wildman–Crippen MR) is 96.8 cm³/mol. The molecule has 5 heteroatoms. The Hall–Kier alpha value is -2.01. The molecule has 1 aromatic carbocycles. The molecule has 0 saturated carbocycles. The molecule has 1 N–H and O–H groups in total. The molecule has 0 bridgehead atoms. The van der Waals surface area contributed by atoms with Gasteiger partial charge in [0.15, 0.2) is 0 Å². The number of amides is 2. The van der Waals surface area contributed by atoms with Crippen molar-refractivity contribution in [1.82, 2.24) is 9.88 Å². The van der Waals surface area contributed by atoms with E-state index in [1.807, 2.05) is 53.1 Å². The highest BCUT2D eigenvalue weighted by molar-refractivity contribution is 7.99. The number of nitrogens with one attached hydrogen (secondary N) is 1. The van der Waals surface area contributed by atoms with Crippen molar-refractivity contribution in [2.24, 2.45) is 0 Å². The van der Waals surface area contributed by atoms with Gasteiger partial charge in [-0.1, -0.05) is 18.2 Å². The zero-order chi connectivity index (χ0) is 16.1. The van der Waals surface area contributed by atoms with Gasteiger partial charge in [-0.2, -0.15) is 11.8 Å². The number of benzene rings is 1. The number of thioether (sulfide) groups is 1. The number of carbonyl (C=O) groups excluding carboxylic acids is 1. The van der Waals surface area contributed by atoms with Crippen LogP contribution in [0.4, 0.5) is 10.5 Å². The molecule has 4 nitrogen and oxygen atoms in total. The Morgan fingerprint density at radius 1 is 1.22 bits per heavy atom. The summed E-state index contributed by atoms with van der Waals surface area (Å²) >= 11 is 1.92. The van der Waals surface area contributed by atoms with E-state index in [1.165, 1.54) is 0 Å². The molecule has 1 atom stereocenters. The van der Waals surface area contributed by atoms with E-state index in [4.69, 9.17) is 0 Å². The highest BCUT2D eigenvalue weighted by atomic mass is 32.2. The summed E-state index contributed by atoms with van der Waals surface area (Å²) in [6.45, 7) is 2.93. The van der Waals surface area contributed by atoms with Gasteiger partial charge in [-0.25, -0.2) is 4.79 Å². The molecule has 0 spiro atoms. The lowest BCUT2D eigenvalue weighted by molar-refractivity contribution is 0.197. The van der Waals surface area contributed by atoms with Crippen LogP contribution in [0.15, 0.2) is 48.8 Å². The van der Waals surface area contributed by atoms with Crippen LogP contribution in [0.3, 0.4) is 0 Å². The highest BCUT2D eigenvalue weighted by Crippen LogP contribution is 2.28. The summed E-state index contributed by atoms with van der Waals surface area (Å²) in [6.07, 6.45) is 4.58. The van der Waals surface area contributed by atoms with E-state index in [0.717, 1.165) is 41.3 Å². The third-order valence-electron chi connectivity index (χ3n) is 4.11. The van der Waals surface area contributed by atoms with Gasteiger partial charge in [0.25, 0.3) is 0 Å². The minimum absolute atomic E-state index is 0.0125. The molecule has 1 fully saturated rings. The van der Waals surface area contributed by atoms with Gasteiger partial charge in [-0.05, 0) is 42.9 Å². The molecule has 0 aliphatic carbocycles. The van der Waals surface area contributed by atoms with Crippen LogP contribution in [0.2, 0.25) is 0 Å². The number of hydrogen-bond acceptors (Lipinski definition) is 3. The van der Waals surface area contributed by atoms with E-state index in [0.29, 0.717) is 0 Å². The van der Waals surface area contributed by atoms with Crippen molar-refractivity contribution in [3.63, 3.8) is 0 Å². The molecule has 1 aliphatic heterocycles. The molecule has 2 heterocycles. The predicted octanol–water partition coefficient (Wildman–Crippen LogP) is 4.11. The van der Waals surface area contributed by atoms with Crippen LogP contribution >= 0.6 is 11.8 Å². The number of pyridine rings is 1. The maximum absolute atomic E-state index is 12.7. The number of hydrogen-bond donors (Lipinski definition) is 1. The minimum Gasteiger partial charge on any atom is -0.321 e. The van der Waals surface area contributed by atoms with E-state index in [2.05, 4.69) is 17.2 Å². The molecule has 0 radical (unpaired) electrons. The first kappa shape index (κ1) is 15.9. The maximum Gasteiger partial charge on any atom is 0.322 e. The van der Waals surface area contributed by atoms with Gasteiger partial charge in [0.2, 0.25) is 0 Å². The second-order valence-corrected chi connectivity index (χ2v) is 6.88. The summed E-state index contributed by atoms with van der Waals surface area (Å²) in [5, 5.41) is 3.09. The lowest BCUT2D eigenvalue weighted by Gasteiger charge is -2.27. The summed E-state index contributed by atoms with van der Waals surface area (Å²) in [6, 6.07) is 12.1. The summed E-state index contributed by atoms with van der Waals surface area (Å²) in [5.74, 6) is 2.13. The van der Waals surface area contributed by atoms with Gasteiger partial charge in [0.05, 0.1) is 5.69 Å². The van der Waals surface area contributed by atoms with Crippen LogP contribution in [0.25, 0.3) is 11.1 Å². The Bertz CT molecular complexity index is 662. The molecule has 0 unspecified atom stereocenters. The van der Waals surface area contributed by atoms with E-state index < -0.39 is 0 Å². The average molecular weight is 327 g/mol. The smallest absolute Gasteiger partial charge is 0.321 e. The van der Waals surface area contributed by atoms with Crippen molar-refractivity contribution in [3.8, 4) is 11.1 Å². The zero-order valence-corrected chi connectivity index (χ0v) is 14.1. The van der Waals surface area contributed by atoms with Gasteiger partial charge in [-0.3, -0.25) is 4.98 Å². The summed E-state index contributed by atoms with van der Waals surface area (Å²) in [5.41, 5.74) is 2.91. The molecule has 3 rings (SSSR count). The van der Waals surface area contributed by atoms with Gasteiger partial charge < -0.3 is 10.2 Å². The number of urea groups is 1.